The van der Waals surface area contributed by atoms with Crippen molar-refractivity contribution in [3.05, 3.63) is 47.0 Å². The number of benzene rings is 1. The largest absolute Gasteiger partial charge is 0.424 e. The van der Waals surface area contributed by atoms with E-state index in [-0.39, 0.29) is 35.9 Å². The van der Waals surface area contributed by atoms with E-state index in [0.717, 1.165) is 0 Å². The number of carbonyl (C=O) groups excluding carboxylic acids is 3. The van der Waals surface area contributed by atoms with Gasteiger partial charge in [0.25, 0.3) is 11.8 Å². The third-order valence-corrected chi connectivity index (χ3v) is 5.59. The highest BCUT2D eigenvalue weighted by Gasteiger charge is 2.34. The Morgan fingerprint density at radius 3 is 2.40 bits per heavy atom. The number of nitrogens with zero attached hydrogens (tertiary/aromatic N) is 4. The third-order valence-electron chi connectivity index (χ3n) is 5.59. The molecule has 1 aromatic heterocycles. The van der Waals surface area contributed by atoms with Crippen molar-refractivity contribution in [2.24, 2.45) is 11.7 Å². The lowest BCUT2D eigenvalue weighted by molar-refractivity contribution is -0.122. The number of aromatic nitrogens is 1. The van der Waals surface area contributed by atoms with E-state index in [1.807, 2.05) is 11.0 Å². The Labute approximate surface area is 173 Å². The molecule has 3 heterocycles. The van der Waals surface area contributed by atoms with E-state index >= 15 is 0 Å². The highest BCUT2D eigenvalue weighted by molar-refractivity contribution is 6.21. The molecular weight excluding hydrogens is 386 g/mol. The second kappa shape index (κ2) is 7.99. The van der Waals surface area contributed by atoms with Crippen molar-refractivity contribution in [1.29, 1.82) is 5.26 Å². The smallest absolute Gasteiger partial charge is 0.261 e. The predicted molar refractivity (Wildman–Crippen MR) is 105 cm³/mol. The molecule has 1 aromatic carbocycles. The summed E-state index contributed by atoms with van der Waals surface area (Å²) in [5.74, 6) is -0.265. The number of imide groups is 1. The van der Waals surface area contributed by atoms with E-state index in [1.54, 1.807) is 24.3 Å². The van der Waals surface area contributed by atoms with Crippen LogP contribution in [0.25, 0.3) is 0 Å². The average molecular weight is 407 g/mol. The molecule has 9 heteroatoms. The van der Waals surface area contributed by atoms with E-state index in [4.69, 9.17) is 10.2 Å². The van der Waals surface area contributed by atoms with Gasteiger partial charge < -0.3 is 15.1 Å². The molecule has 0 spiro atoms. The number of oxazole rings is 1. The highest BCUT2D eigenvalue weighted by atomic mass is 16.4. The first-order valence-electron chi connectivity index (χ1n) is 9.89. The molecule has 2 aliphatic rings. The van der Waals surface area contributed by atoms with Crippen molar-refractivity contribution in [2.45, 2.75) is 25.7 Å². The molecule has 1 saturated heterocycles. The number of piperidine rings is 1. The maximum Gasteiger partial charge on any atom is 0.261 e. The molecule has 2 aliphatic heterocycles. The summed E-state index contributed by atoms with van der Waals surface area (Å²) >= 11 is 0. The number of primary amides is 1. The van der Waals surface area contributed by atoms with Gasteiger partial charge in [0, 0.05) is 32.0 Å². The topological polar surface area (TPSA) is 134 Å². The zero-order valence-electron chi connectivity index (χ0n) is 16.3. The lowest BCUT2D eigenvalue weighted by Gasteiger charge is -2.30. The molecule has 2 aromatic rings. The van der Waals surface area contributed by atoms with Gasteiger partial charge in [-0.05, 0) is 31.4 Å². The molecule has 2 N–H and O–H groups in total. The Morgan fingerprint density at radius 2 is 1.83 bits per heavy atom. The van der Waals surface area contributed by atoms with Gasteiger partial charge in [0.2, 0.25) is 17.5 Å². The number of fused-ring (bicyclic) bond motifs is 1. The van der Waals surface area contributed by atoms with Crippen molar-refractivity contribution in [1.82, 2.24) is 9.88 Å². The number of aryl methyl sites for hydroxylation is 1. The first-order chi connectivity index (χ1) is 14.5. The lowest BCUT2D eigenvalue weighted by Crippen LogP contribution is -2.38. The van der Waals surface area contributed by atoms with Crippen molar-refractivity contribution >= 4 is 23.6 Å². The fourth-order valence-corrected chi connectivity index (χ4v) is 3.95. The van der Waals surface area contributed by atoms with Crippen LogP contribution in [0.15, 0.2) is 28.7 Å². The Kier molecular flexibility index (Phi) is 5.23. The maximum absolute atomic E-state index is 12.4. The van der Waals surface area contributed by atoms with Gasteiger partial charge in [-0.3, -0.25) is 19.3 Å². The summed E-state index contributed by atoms with van der Waals surface area (Å²) in [6.07, 6.45) is 2.08. The minimum absolute atomic E-state index is 0.158. The Bertz CT molecular complexity index is 1010. The molecule has 0 unspecified atom stereocenters. The monoisotopic (exact) mass is 407 g/mol. The number of nitrogens with two attached hydrogens (primary N) is 1. The summed E-state index contributed by atoms with van der Waals surface area (Å²) in [6.45, 7) is 1.37. The molecule has 154 valence electrons. The number of nitriles is 1. The zero-order valence-corrected chi connectivity index (χ0v) is 16.3. The van der Waals surface area contributed by atoms with Crippen molar-refractivity contribution in [3.8, 4) is 6.07 Å². The van der Waals surface area contributed by atoms with Gasteiger partial charge in [0.1, 0.15) is 6.07 Å². The third kappa shape index (κ3) is 3.52. The van der Waals surface area contributed by atoms with Crippen LogP contribution in [-0.4, -0.2) is 47.2 Å². The summed E-state index contributed by atoms with van der Waals surface area (Å²) in [6, 6.07) is 8.81. The van der Waals surface area contributed by atoms with Crippen LogP contribution in [0.2, 0.25) is 0 Å². The first kappa shape index (κ1) is 19.6. The summed E-state index contributed by atoms with van der Waals surface area (Å²) in [7, 11) is 0. The maximum atomic E-state index is 12.4. The van der Waals surface area contributed by atoms with Crippen LogP contribution in [0.4, 0.5) is 5.88 Å². The molecule has 0 bridgehead atoms. The SMILES string of the molecule is N#Cc1nc(CCCN2C(=O)c3ccccc3C2=O)oc1N1CCC(C(N)=O)CC1. The van der Waals surface area contributed by atoms with Crippen molar-refractivity contribution in [3.63, 3.8) is 0 Å². The van der Waals surface area contributed by atoms with Crippen LogP contribution in [0, 0.1) is 17.2 Å². The van der Waals surface area contributed by atoms with E-state index in [9.17, 15) is 19.6 Å². The quantitative estimate of drug-likeness (QED) is 0.717. The Morgan fingerprint density at radius 1 is 1.20 bits per heavy atom. The number of amides is 3. The van der Waals surface area contributed by atoms with Gasteiger partial charge in [0.05, 0.1) is 11.1 Å². The van der Waals surface area contributed by atoms with Crippen molar-refractivity contribution < 1.29 is 18.8 Å². The number of hydrogen-bond acceptors (Lipinski definition) is 7. The summed E-state index contributed by atoms with van der Waals surface area (Å²) in [5.41, 5.74) is 6.41. The van der Waals surface area contributed by atoms with Crippen LogP contribution in [0.5, 0.6) is 0 Å². The van der Waals surface area contributed by atoms with E-state index in [1.165, 1.54) is 4.90 Å². The van der Waals surface area contributed by atoms with Crippen LogP contribution < -0.4 is 10.6 Å². The molecule has 30 heavy (non-hydrogen) atoms. The van der Waals surface area contributed by atoms with E-state index in [2.05, 4.69) is 4.98 Å². The Balaban J connectivity index is 1.37. The standard InChI is InChI=1S/C21H21N5O4/c22-12-16-21(25-10-7-13(8-11-25)18(23)27)30-17(24-16)6-3-9-26-19(28)14-4-1-2-5-15(14)20(26)29/h1-2,4-5,13H,3,6-11H2,(H2,23,27). The fraction of sp³-hybridized carbons (Fsp3) is 0.381. The van der Waals surface area contributed by atoms with Gasteiger partial charge in [-0.25, -0.2) is 4.98 Å². The van der Waals surface area contributed by atoms with Gasteiger partial charge in [-0.2, -0.15) is 5.26 Å². The van der Waals surface area contributed by atoms with Crippen molar-refractivity contribution in [2.75, 3.05) is 24.5 Å². The van der Waals surface area contributed by atoms with Gasteiger partial charge in [0.15, 0.2) is 5.89 Å². The molecule has 0 aliphatic carbocycles. The number of hydrogen-bond donors (Lipinski definition) is 1. The van der Waals surface area contributed by atoms with Crippen LogP contribution >= 0.6 is 0 Å². The van der Waals surface area contributed by atoms with Crippen LogP contribution in [0.1, 0.15) is 51.6 Å². The summed E-state index contributed by atoms with van der Waals surface area (Å²) < 4.78 is 5.81. The molecule has 0 saturated carbocycles. The molecule has 4 rings (SSSR count). The molecule has 9 nitrogen and oxygen atoms in total. The molecule has 1 fully saturated rings. The predicted octanol–water partition coefficient (Wildman–Crippen LogP) is 1.48. The fourth-order valence-electron chi connectivity index (χ4n) is 3.95. The lowest BCUT2D eigenvalue weighted by atomic mass is 9.96. The normalized spacial score (nSPS) is 16.6. The highest BCUT2D eigenvalue weighted by Crippen LogP contribution is 2.28. The molecule has 3 amide bonds. The summed E-state index contributed by atoms with van der Waals surface area (Å²) in [4.78, 5) is 43.6. The number of anilines is 1. The minimum atomic E-state index is -0.304. The second-order valence-electron chi connectivity index (χ2n) is 7.45. The van der Waals surface area contributed by atoms with Crippen LogP contribution in [-0.2, 0) is 11.2 Å². The average Bonchev–Trinajstić information content (AvgIpc) is 3.28. The zero-order chi connectivity index (χ0) is 21.3. The van der Waals surface area contributed by atoms with Gasteiger partial charge in [-0.15, -0.1) is 0 Å². The first-order valence-corrected chi connectivity index (χ1v) is 9.89. The van der Waals surface area contributed by atoms with E-state index < -0.39 is 0 Å². The minimum Gasteiger partial charge on any atom is -0.424 e. The van der Waals surface area contributed by atoms with Crippen LogP contribution in [0.3, 0.4) is 0 Å². The second-order valence-corrected chi connectivity index (χ2v) is 7.45. The van der Waals surface area contributed by atoms with Gasteiger partial charge >= 0.3 is 0 Å². The Hall–Kier alpha value is -3.67. The summed E-state index contributed by atoms with van der Waals surface area (Å²) in [5, 5.41) is 9.40. The number of carbonyl (C=O) groups is 3. The van der Waals surface area contributed by atoms with Gasteiger partial charge in [-0.1, -0.05) is 12.1 Å². The molecule has 0 radical (unpaired) electrons. The molecule has 0 atom stereocenters. The number of rotatable bonds is 6. The molecular formula is C21H21N5O4. The van der Waals surface area contributed by atoms with E-state index in [0.29, 0.717) is 61.7 Å².